The van der Waals surface area contributed by atoms with E-state index in [1.54, 1.807) is 0 Å². The first-order valence-corrected chi connectivity index (χ1v) is 5.31. The molecule has 0 amide bonds. The predicted octanol–water partition coefficient (Wildman–Crippen LogP) is 3.04. The van der Waals surface area contributed by atoms with E-state index in [-0.39, 0.29) is 0 Å². The van der Waals surface area contributed by atoms with Crippen molar-refractivity contribution >= 4 is 0 Å². The van der Waals surface area contributed by atoms with Crippen LogP contribution in [0.25, 0.3) is 0 Å². The fourth-order valence-corrected chi connectivity index (χ4v) is 2.09. The van der Waals surface area contributed by atoms with Gasteiger partial charge < -0.3 is 4.74 Å². The fraction of sp³-hybridized carbons (Fsp3) is 0.538. The zero-order valence-electron chi connectivity index (χ0n) is 8.99. The van der Waals surface area contributed by atoms with E-state index >= 15 is 0 Å². The SMILES string of the molecule is CC1(C)COC(Cc2ccccc2)C1. The highest BCUT2D eigenvalue weighted by molar-refractivity contribution is 5.15. The molecule has 1 heterocycles. The average Bonchev–Trinajstić information content (AvgIpc) is 2.47. The molecule has 1 heteroatoms. The Morgan fingerprint density at radius 3 is 2.57 bits per heavy atom. The molecule has 1 saturated heterocycles. The molecule has 0 spiro atoms. The molecule has 0 radical (unpaired) electrons. The van der Waals surface area contributed by atoms with Gasteiger partial charge in [0.25, 0.3) is 0 Å². The number of hydrogen-bond acceptors (Lipinski definition) is 1. The van der Waals surface area contributed by atoms with E-state index in [0.717, 1.165) is 13.0 Å². The standard InChI is InChI=1S/C13H18O/c1-13(2)9-12(14-10-13)8-11-6-4-3-5-7-11/h3-7,12H,8-10H2,1-2H3. The lowest BCUT2D eigenvalue weighted by Gasteiger charge is -2.13. The van der Waals surface area contributed by atoms with Gasteiger partial charge >= 0.3 is 0 Å². The second-order valence-corrected chi connectivity index (χ2v) is 4.99. The maximum atomic E-state index is 5.77. The van der Waals surface area contributed by atoms with Crippen LogP contribution in [0.15, 0.2) is 30.3 Å². The average molecular weight is 190 g/mol. The van der Waals surface area contributed by atoms with Crippen molar-refractivity contribution in [1.82, 2.24) is 0 Å². The molecule has 1 aliphatic heterocycles. The van der Waals surface area contributed by atoms with Crippen molar-refractivity contribution < 1.29 is 4.74 Å². The minimum atomic E-state index is 0.374. The molecule has 1 aromatic rings. The van der Waals surface area contributed by atoms with Gasteiger partial charge in [-0.25, -0.2) is 0 Å². The van der Waals surface area contributed by atoms with Crippen LogP contribution in [0.4, 0.5) is 0 Å². The van der Waals surface area contributed by atoms with Crippen LogP contribution in [0, 0.1) is 5.41 Å². The van der Waals surface area contributed by atoms with E-state index in [1.165, 1.54) is 12.0 Å². The van der Waals surface area contributed by atoms with Crippen molar-refractivity contribution in [3.63, 3.8) is 0 Å². The third-order valence-electron chi connectivity index (χ3n) is 2.80. The molecule has 0 saturated carbocycles. The molecule has 0 bridgehead atoms. The highest BCUT2D eigenvalue weighted by atomic mass is 16.5. The van der Waals surface area contributed by atoms with Crippen LogP contribution in [0.3, 0.4) is 0 Å². The van der Waals surface area contributed by atoms with E-state index in [4.69, 9.17) is 4.74 Å². The zero-order valence-corrected chi connectivity index (χ0v) is 8.99. The first-order valence-electron chi connectivity index (χ1n) is 5.31. The van der Waals surface area contributed by atoms with Gasteiger partial charge in [0, 0.05) is 0 Å². The third kappa shape index (κ3) is 2.36. The lowest BCUT2D eigenvalue weighted by atomic mass is 9.89. The molecule has 0 aliphatic carbocycles. The fourth-order valence-electron chi connectivity index (χ4n) is 2.09. The second-order valence-electron chi connectivity index (χ2n) is 4.99. The van der Waals surface area contributed by atoms with E-state index in [2.05, 4.69) is 44.2 Å². The van der Waals surface area contributed by atoms with Crippen molar-refractivity contribution in [2.45, 2.75) is 32.8 Å². The Morgan fingerprint density at radius 1 is 1.29 bits per heavy atom. The zero-order chi connectivity index (χ0) is 10.0. The highest BCUT2D eigenvalue weighted by Crippen LogP contribution is 2.32. The summed E-state index contributed by atoms with van der Waals surface area (Å²) >= 11 is 0. The molecule has 1 aromatic carbocycles. The molecule has 76 valence electrons. The monoisotopic (exact) mass is 190 g/mol. The Bertz CT molecular complexity index is 289. The number of hydrogen-bond donors (Lipinski definition) is 0. The Morgan fingerprint density at radius 2 is 2.00 bits per heavy atom. The van der Waals surface area contributed by atoms with E-state index < -0.39 is 0 Å². The van der Waals surface area contributed by atoms with Gasteiger partial charge in [0.15, 0.2) is 0 Å². The van der Waals surface area contributed by atoms with E-state index in [1.807, 2.05) is 0 Å². The van der Waals surface area contributed by atoms with Gasteiger partial charge in [-0.2, -0.15) is 0 Å². The van der Waals surface area contributed by atoms with Crippen molar-refractivity contribution in [3.8, 4) is 0 Å². The summed E-state index contributed by atoms with van der Waals surface area (Å²) in [6.07, 6.45) is 2.67. The maximum absolute atomic E-state index is 5.77. The van der Waals surface area contributed by atoms with Crippen molar-refractivity contribution in [2.75, 3.05) is 6.61 Å². The molecule has 1 nitrogen and oxygen atoms in total. The molecule has 1 unspecified atom stereocenters. The van der Waals surface area contributed by atoms with E-state index in [9.17, 15) is 0 Å². The minimum Gasteiger partial charge on any atom is -0.377 e. The number of rotatable bonds is 2. The smallest absolute Gasteiger partial charge is 0.0621 e. The van der Waals surface area contributed by atoms with Gasteiger partial charge in [-0.05, 0) is 23.8 Å². The van der Waals surface area contributed by atoms with E-state index in [0.29, 0.717) is 11.5 Å². The van der Waals surface area contributed by atoms with Gasteiger partial charge in [0.2, 0.25) is 0 Å². The number of ether oxygens (including phenoxy) is 1. The van der Waals surface area contributed by atoms with Gasteiger partial charge in [-0.15, -0.1) is 0 Å². The summed E-state index contributed by atoms with van der Waals surface area (Å²) in [5, 5.41) is 0. The summed E-state index contributed by atoms with van der Waals surface area (Å²) in [5.74, 6) is 0. The van der Waals surface area contributed by atoms with Gasteiger partial charge in [0.05, 0.1) is 12.7 Å². The Labute approximate surface area is 86.1 Å². The number of benzene rings is 1. The topological polar surface area (TPSA) is 9.23 Å². The van der Waals surface area contributed by atoms with Crippen LogP contribution in [0.5, 0.6) is 0 Å². The minimum absolute atomic E-state index is 0.374. The lowest BCUT2D eigenvalue weighted by Crippen LogP contribution is -2.12. The Hall–Kier alpha value is -0.820. The van der Waals surface area contributed by atoms with Crippen LogP contribution in [0.1, 0.15) is 25.8 Å². The first-order chi connectivity index (χ1) is 6.66. The maximum Gasteiger partial charge on any atom is 0.0621 e. The molecule has 0 N–H and O–H groups in total. The van der Waals surface area contributed by atoms with Crippen molar-refractivity contribution in [1.29, 1.82) is 0 Å². The molecule has 1 fully saturated rings. The molecular weight excluding hydrogens is 172 g/mol. The normalized spacial score (nSPS) is 25.1. The van der Waals surface area contributed by atoms with Crippen LogP contribution in [0.2, 0.25) is 0 Å². The third-order valence-corrected chi connectivity index (χ3v) is 2.80. The second kappa shape index (κ2) is 3.74. The largest absolute Gasteiger partial charge is 0.377 e. The summed E-state index contributed by atoms with van der Waals surface area (Å²) in [6, 6.07) is 10.6. The van der Waals surface area contributed by atoms with Crippen LogP contribution in [-0.4, -0.2) is 12.7 Å². The van der Waals surface area contributed by atoms with Crippen LogP contribution < -0.4 is 0 Å². The van der Waals surface area contributed by atoms with Crippen molar-refractivity contribution in [3.05, 3.63) is 35.9 Å². The van der Waals surface area contributed by atoms with Gasteiger partial charge in [-0.1, -0.05) is 44.2 Å². The van der Waals surface area contributed by atoms with Crippen LogP contribution >= 0.6 is 0 Å². The van der Waals surface area contributed by atoms with Gasteiger partial charge in [-0.3, -0.25) is 0 Å². The summed E-state index contributed by atoms with van der Waals surface area (Å²) in [6.45, 7) is 5.46. The molecule has 2 rings (SSSR count). The summed E-state index contributed by atoms with van der Waals surface area (Å²) < 4.78 is 5.77. The predicted molar refractivity (Wildman–Crippen MR) is 58.3 cm³/mol. The summed E-state index contributed by atoms with van der Waals surface area (Å²) in [5.41, 5.74) is 1.76. The Balaban J connectivity index is 1.94. The van der Waals surface area contributed by atoms with Crippen LogP contribution in [-0.2, 0) is 11.2 Å². The molecule has 14 heavy (non-hydrogen) atoms. The Kier molecular flexibility index (Phi) is 2.60. The summed E-state index contributed by atoms with van der Waals surface area (Å²) in [7, 11) is 0. The van der Waals surface area contributed by atoms with Gasteiger partial charge in [0.1, 0.15) is 0 Å². The first kappa shape index (κ1) is 9.72. The quantitative estimate of drug-likeness (QED) is 0.696. The lowest BCUT2D eigenvalue weighted by molar-refractivity contribution is 0.0999. The highest BCUT2D eigenvalue weighted by Gasteiger charge is 2.31. The molecular formula is C13H18O. The molecule has 1 aliphatic rings. The molecule has 1 atom stereocenters. The molecule has 0 aromatic heterocycles. The summed E-state index contributed by atoms with van der Waals surface area (Å²) in [4.78, 5) is 0. The van der Waals surface area contributed by atoms with Crippen molar-refractivity contribution in [2.24, 2.45) is 5.41 Å².